The van der Waals surface area contributed by atoms with Crippen LogP contribution in [-0.2, 0) is 16.1 Å². The second-order valence-electron chi connectivity index (χ2n) is 5.84. The molecule has 0 unspecified atom stereocenters. The van der Waals surface area contributed by atoms with Gasteiger partial charge in [-0.3, -0.25) is 9.79 Å². The van der Waals surface area contributed by atoms with Gasteiger partial charge in [-0.05, 0) is 18.9 Å². The SMILES string of the molecule is CN=C(NCc1ccccc1OC(F)(F)F)N1CCC(C(=O)OC)CC1. The summed E-state index contributed by atoms with van der Waals surface area (Å²) in [7, 11) is 2.97. The lowest BCUT2D eigenvalue weighted by Gasteiger charge is -2.33. The molecular formula is C17H22F3N3O3. The van der Waals surface area contributed by atoms with Crippen LogP contribution in [0.15, 0.2) is 29.3 Å². The number of carbonyl (C=O) groups is 1. The molecule has 0 spiro atoms. The number of guanidine groups is 1. The van der Waals surface area contributed by atoms with Gasteiger partial charge in [0.2, 0.25) is 0 Å². The molecule has 6 nitrogen and oxygen atoms in total. The number of likely N-dealkylation sites (tertiary alicyclic amines) is 1. The normalized spacial score (nSPS) is 16.3. The Hall–Kier alpha value is -2.45. The maximum atomic E-state index is 12.5. The number of nitrogens with zero attached hydrogens (tertiary/aromatic N) is 2. The summed E-state index contributed by atoms with van der Waals surface area (Å²) in [6.45, 7) is 1.36. The smallest absolute Gasteiger partial charge is 0.469 e. The van der Waals surface area contributed by atoms with Gasteiger partial charge in [-0.1, -0.05) is 18.2 Å². The minimum Gasteiger partial charge on any atom is -0.469 e. The predicted molar refractivity (Wildman–Crippen MR) is 89.6 cm³/mol. The molecule has 1 heterocycles. The highest BCUT2D eigenvalue weighted by Crippen LogP contribution is 2.26. The van der Waals surface area contributed by atoms with Crippen LogP contribution in [0.25, 0.3) is 0 Å². The molecule has 144 valence electrons. The molecule has 0 aliphatic carbocycles. The van der Waals surface area contributed by atoms with Crippen molar-refractivity contribution in [3.8, 4) is 5.75 Å². The van der Waals surface area contributed by atoms with Crippen molar-refractivity contribution in [1.29, 1.82) is 0 Å². The second-order valence-corrected chi connectivity index (χ2v) is 5.84. The number of halogens is 3. The Morgan fingerprint density at radius 2 is 1.96 bits per heavy atom. The van der Waals surface area contributed by atoms with E-state index in [0.717, 1.165) is 0 Å². The van der Waals surface area contributed by atoms with Gasteiger partial charge in [0.05, 0.1) is 13.0 Å². The molecule has 9 heteroatoms. The van der Waals surface area contributed by atoms with Crippen molar-refractivity contribution < 1.29 is 27.4 Å². The standard InChI is InChI=1S/C17H22F3N3O3/c1-21-16(23-9-7-12(8-10-23)15(24)25-2)22-11-13-5-3-4-6-14(13)26-17(18,19)20/h3-6,12H,7-11H2,1-2H3,(H,21,22). The Bertz CT molecular complexity index is 642. The van der Waals surface area contributed by atoms with Crippen molar-refractivity contribution in [3.05, 3.63) is 29.8 Å². The van der Waals surface area contributed by atoms with Crippen molar-refractivity contribution >= 4 is 11.9 Å². The molecule has 1 aliphatic heterocycles. The number of aliphatic imine (C=N–C) groups is 1. The predicted octanol–water partition coefficient (Wildman–Crippen LogP) is 2.55. The van der Waals surface area contributed by atoms with Crippen LogP contribution < -0.4 is 10.1 Å². The lowest BCUT2D eigenvalue weighted by molar-refractivity contribution is -0.274. The van der Waals surface area contributed by atoms with Crippen molar-refractivity contribution in [2.75, 3.05) is 27.2 Å². The first-order chi connectivity index (χ1) is 12.3. The van der Waals surface area contributed by atoms with Crippen LogP contribution in [0.1, 0.15) is 18.4 Å². The Morgan fingerprint density at radius 1 is 1.31 bits per heavy atom. The molecule has 0 atom stereocenters. The number of methoxy groups -OCH3 is 1. The van der Waals surface area contributed by atoms with Crippen molar-refractivity contribution in [2.24, 2.45) is 10.9 Å². The number of rotatable bonds is 4. The molecule has 0 saturated carbocycles. The fraction of sp³-hybridized carbons (Fsp3) is 0.529. The van der Waals surface area contributed by atoms with Crippen LogP contribution in [0.5, 0.6) is 5.75 Å². The van der Waals surface area contributed by atoms with E-state index < -0.39 is 6.36 Å². The zero-order valence-electron chi connectivity index (χ0n) is 14.7. The van der Waals surface area contributed by atoms with E-state index in [1.807, 2.05) is 4.90 Å². The number of carbonyl (C=O) groups excluding carboxylic acids is 1. The van der Waals surface area contributed by atoms with Crippen LogP contribution >= 0.6 is 0 Å². The number of nitrogens with one attached hydrogen (secondary N) is 1. The fourth-order valence-corrected chi connectivity index (χ4v) is 2.87. The number of para-hydroxylation sites is 1. The Morgan fingerprint density at radius 3 is 2.54 bits per heavy atom. The number of alkyl halides is 3. The molecule has 2 rings (SSSR count). The molecule has 1 fully saturated rings. The molecule has 1 aromatic carbocycles. The second kappa shape index (κ2) is 8.77. The van der Waals surface area contributed by atoms with Gasteiger partial charge in [0.1, 0.15) is 5.75 Å². The summed E-state index contributed by atoms with van der Waals surface area (Å²) in [5.74, 6) is -0.0245. The third kappa shape index (κ3) is 5.53. The fourth-order valence-electron chi connectivity index (χ4n) is 2.87. The van der Waals surface area contributed by atoms with Gasteiger partial charge >= 0.3 is 12.3 Å². The summed E-state index contributed by atoms with van der Waals surface area (Å²) < 4.78 is 46.3. The van der Waals surface area contributed by atoms with Crippen LogP contribution in [0.4, 0.5) is 13.2 Å². The number of ether oxygens (including phenoxy) is 2. The Labute approximate surface area is 150 Å². The van der Waals surface area contributed by atoms with E-state index in [0.29, 0.717) is 37.5 Å². The molecule has 0 radical (unpaired) electrons. The van der Waals surface area contributed by atoms with Gasteiger partial charge in [0.15, 0.2) is 5.96 Å². The first-order valence-corrected chi connectivity index (χ1v) is 8.21. The lowest BCUT2D eigenvalue weighted by atomic mass is 9.97. The summed E-state index contributed by atoms with van der Waals surface area (Å²) in [5.41, 5.74) is 0.371. The van der Waals surface area contributed by atoms with Gasteiger partial charge < -0.3 is 19.7 Å². The monoisotopic (exact) mass is 373 g/mol. The molecule has 0 bridgehead atoms. The Balaban J connectivity index is 1.95. The number of piperidine rings is 1. The van der Waals surface area contributed by atoms with E-state index in [-0.39, 0.29) is 24.2 Å². The van der Waals surface area contributed by atoms with Gasteiger partial charge in [-0.15, -0.1) is 13.2 Å². The van der Waals surface area contributed by atoms with Gasteiger partial charge in [-0.25, -0.2) is 0 Å². The molecular weight excluding hydrogens is 351 g/mol. The van der Waals surface area contributed by atoms with E-state index in [4.69, 9.17) is 4.74 Å². The van der Waals surface area contributed by atoms with Gasteiger partial charge in [0.25, 0.3) is 0 Å². The number of esters is 1. The average Bonchev–Trinajstić information content (AvgIpc) is 2.62. The summed E-state index contributed by atoms with van der Waals surface area (Å²) >= 11 is 0. The minimum absolute atomic E-state index is 0.129. The van der Waals surface area contributed by atoms with Crippen molar-refractivity contribution in [2.45, 2.75) is 25.7 Å². The minimum atomic E-state index is -4.74. The molecule has 1 aliphatic rings. The molecule has 1 saturated heterocycles. The van der Waals surface area contributed by atoms with Gasteiger partial charge in [-0.2, -0.15) is 0 Å². The van der Waals surface area contributed by atoms with Gasteiger partial charge in [0, 0.05) is 32.2 Å². The quantitative estimate of drug-likeness (QED) is 0.499. The highest BCUT2D eigenvalue weighted by Gasteiger charge is 2.32. The van der Waals surface area contributed by atoms with Crippen molar-refractivity contribution in [1.82, 2.24) is 10.2 Å². The van der Waals surface area contributed by atoms with E-state index in [2.05, 4.69) is 15.0 Å². The number of benzene rings is 1. The Kier molecular flexibility index (Phi) is 6.70. The maximum Gasteiger partial charge on any atom is 0.573 e. The maximum absolute atomic E-state index is 12.5. The molecule has 1 N–H and O–H groups in total. The zero-order chi connectivity index (χ0) is 19.2. The summed E-state index contributed by atoms with van der Waals surface area (Å²) in [6.07, 6.45) is -3.46. The molecule has 26 heavy (non-hydrogen) atoms. The topological polar surface area (TPSA) is 63.2 Å². The highest BCUT2D eigenvalue weighted by atomic mass is 19.4. The highest BCUT2D eigenvalue weighted by molar-refractivity contribution is 5.80. The van der Waals surface area contributed by atoms with E-state index >= 15 is 0 Å². The number of hydrogen-bond acceptors (Lipinski definition) is 4. The summed E-state index contributed by atoms with van der Waals surface area (Å²) in [4.78, 5) is 17.7. The summed E-state index contributed by atoms with van der Waals surface area (Å²) in [5, 5.41) is 3.05. The van der Waals surface area contributed by atoms with Crippen LogP contribution in [0, 0.1) is 5.92 Å². The van der Waals surface area contributed by atoms with E-state index in [1.54, 1.807) is 19.2 Å². The summed E-state index contributed by atoms with van der Waals surface area (Å²) in [6, 6.07) is 5.96. The number of hydrogen-bond donors (Lipinski definition) is 1. The first kappa shape index (κ1) is 19.9. The largest absolute Gasteiger partial charge is 0.573 e. The molecule has 1 aromatic rings. The molecule has 0 aromatic heterocycles. The van der Waals surface area contributed by atoms with Crippen LogP contribution in [-0.4, -0.2) is 50.4 Å². The molecule has 0 amide bonds. The first-order valence-electron chi connectivity index (χ1n) is 8.21. The lowest BCUT2D eigenvalue weighted by Crippen LogP contribution is -2.46. The van der Waals surface area contributed by atoms with E-state index in [9.17, 15) is 18.0 Å². The zero-order valence-corrected chi connectivity index (χ0v) is 14.7. The third-order valence-corrected chi connectivity index (χ3v) is 4.18. The average molecular weight is 373 g/mol. The van der Waals surface area contributed by atoms with E-state index in [1.165, 1.54) is 19.2 Å². The van der Waals surface area contributed by atoms with Crippen molar-refractivity contribution in [3.63, 3.8) is 0 Å². The third-order valence-electron chi connectivity index (χ3n) is 4.18. The van der Waals surface area contributed by atoms with Crippen LogP contribution in [0.3, 0.4) is 0 Å². The van der Waals surface area contributed by atoms with Crippen LogP contribution in [0.2, 0.25) is 0 Å².